The monoisotopic (exact) mass is 240 g/mol. The highest BCUT2D eigenvalue weighted by Crippen LogP contribution is 2.21. The van der Waals surface area contributed by atoms with Gasteiger partial charge in [0.15, 0.2) is 5.78 Å². The molecule has 0 bridgehead atoms. The van der Waals surface area contributed by atoms with E-state index in [-0.39, 0.29) is 30.3 Å². The summed E-state index contributed by atoms with van der Waals surface area (Å²) < 4.78 is 0. The van der Waals surface area contributed by atoms with Gasteiger partial charge < -0.3 is 4.90 Å². The lowest BCUT2D eigenvalue weighted by Gasteiger charge is -2.19. The van der Waals surface area contributed by atoms with Gasteiger partial charge in [-0.05, 0) is 6.92 Å². The molecule has 1 aliphatic rings. The van der Waals surface area contributed by atoms with Crippen LogP contribution in [0.1, 0.15) is 20.8 Å². The first-order chi connectivity index (χ1) is 7.88. The van der Waals surface area contributed by atoms with Crippen LogP contribution in [0, 0.1) is 5.92 Å². The van der Waals surface area contributed by atoms with Crippen molar-refractivity contribution in [1.82, 2.24) is 9.96 Å². The molecule has 1 unspecified atom stereocenters. The Morgan fingerprint density at radius 1 is 1.59 bits per heavy atom. The molecule has 0 aromatic carbocycles. The molecule has 5 heteroatoms. The summed E-state index contributed by atoms with van der Waals surface area (Å²) in [6.07, 6.45) is 0. The number of nitrogens with zero attached hydrogens (tertiary/aromatic N) is 2. The van der Waals surface area contributed by atoms with E-state index in [2.05, 4.69) is 6.58 Å². The highest BCUT2D eigenvalue weighted by molar-refractivity contribution is 5.87. The number of rotatable bonds is 5. The van der Waals surface area contributed by atoms with E-state index in [1.54, 1.807) is 0 Å². The number of hydroxylamine groups is 2. The molecule has 1 aliphatic heterocycles. The van der Waals surface area contributed by atoms with Gasteiger partial charge in [-0.3, -0.25) is 9.63 Å². The predicted octanol–water partition coefficient (Wildman–Crippen LogP) is 1.46. The number of ketones is 1. The molecule has 1 heterocycles. The summed E-state index contributed by atoms with van der Waals surface area (Å²) in [6, 6.07) is -0.443. The third-order valence-corrected chi connectivity index (χ3v) is 2.89. The molecule has 0 spiro atoms. The van der Waals surface area contributed by atoms with Crippen LogP contribution in [0.3, 0.4) is 0 Å². The van der Waals surface area contributed by atoms with E-state index >= 15 is 0 Å². The van der Waals surface area contributed by atoms with Gasteiger partial charge in [0.05, 0.1) is 19.7 Å². The van der Waals surface area contributed by atoms with Crippen molar-refractivity contribution < 1.29 is 14.4 Å². The molecule has 0 aliphatic carbocycles. The van der Waals surface area contributed by atoms with Crippen molar-refractivity contribution >= 4 is 11.8 Å². The number of urea groups is 1. The van der Waals surface area contributed by atoms with Crippen molar-refractivity contribution in [1.29, 1.82) is 0 Å². The zero-order chi connectivity index (χ0) is 13.2. The molecule has 0 aromatic heterocycles. The van der Waals surface area contributed by atoms with Gasteiger partial charge in [-0.2, -0.15) is 5.06 Å². The smallest absolute Gasteiger partial charge is 0.313 e. The fourth-order valence-electron chi connectivity index (χ4n) is 1.70. The number of Topliss-reactive ketones (excluding diaryl/α,β-unsaturated/α-hetero) is 1. The number of carbonyl (C=O) groups is 2. The average Bonchev–Trinajstić information content (AvgIpc) is 2.55. The number of hydrogen-bond acceptors (Lipinski definition) is 3. The quantitative estimate of drug-likeness (QED) is 0.683. The van der Waals surface area contributed by atoms with E-state index in [4.69, 9.17) is 4.84 Å². The molecule has 0 radical (unpaired) electrons. The van der Waals surface area contributed by atoms with Crippen LogP contribution in [0.2, 0.25) is 0 Å². The van der Waals surface area contributed by atoms with Crippen molar-refractivity contribution in [2.24, 2.45) is 5.92 Å². The van der Waals surface area contributed by atoms with Gasteiger partial charge in [0.25, 0.3) is 0 Å². The van der Waals surface area contributed by atoms with Crippen molar-refractivity contribution in [3.8, 4) is 0 Å². The topological polar surface area (TPSA) is 49.9 Å². The van der Waals surface area contributed by atoms with Gasteiger partial charge in [-0.1, -0.05) is 26.0 Å². The molecule has 2 amide bonds. The normalized spacial score (nSPS) is 20.3. The largest absolute Gasteiger partial charge is 0.345 e. The minimum Gasteiger partial charge on any atom is -0.313 e. The van der Waals surface area contributed by atoms with Crippen molar-refractivity contribution in [2.45, 2.75) is 26.8 Å². The summed E-state index contributed by atoms with van der Waals surface area (Å²) in [5.74, 6) is -0.0144. The van der Waals surface area contributed by atoms with E-state index in [0.29, 0.717) is 6.54 Å². The highest BCUT2D eigenvalue weighted by atomic mass is 16.7. The second-order valence-electron chi connectivity index (χ2n) is 4.65. The van der Waals surface area contributed by atoms with Crippen LogP contribution >= 0.6 is 0 Å². The Morgan fingerprint density at radius 2 is 2.18 bits per heavy atom. The van der Waals surface area contributed by atoms with Crippen LogP contribution in [0.5, 0.6) is 0 Å². The van der Waals surface area contributed by atoms with Crippen LogP contribution < -0.4 is 0 Å². The predicted molar refractivity (Wildman–Crippen MR) is 64.3 cm³/mol. The molecule has 0 N–H and O–H groups in total. The average molecular weight is 240 g/mol. The minimum absolute atomic E-state index is 0.0526. The maximum Gasteiger partial charge on any atom is 0.345 e. The molecular weight excluding hydrogens is 220 g/mol. The third-order valence-electron chi connectivity index (χ3n) is 2.89. The van der Waals surface area contributed by atoms with Gasteiger partial charge in [-0.15, -0.1) is 0 Å². The SMILES string of the molecule is C=C(C)C1CN(CC(=O)C(C)C)C(=O)N1OC. The third kappa shape index (κ3) is 2.85. The maximum absolute atomic E-state index is 11.9. The molecule has 1 fully saturated rings. The Kier molecular flexibility index (Phi) is 4.28. The zero-order valence-electron chi connectivity index (χ0n) is 10.9. The summed E-state index contributed by atoms with van der Waals surface area (Å²) in [6.45, 7) is 9.93. The van der Waals surface area contributed by atoms with Crippen molar-refractivity contribution in [3.05, 3.63) is 12.2 Å². The summed E-state index contributed by atoms with van der Waals surface area (Å²) in [4.78, 5) is 30.1. The van der Waals surface area contributed by atoms with Gasteiger partial charge in [0.1, 0.15) is 0 Å². The molecular formula is C12H20N2O3. The Balaban J connectivity index is 2.74. The summed E-state index contributed by atoms with van der Waals surface area (Å²) in [5.41, 5.74) is 0.847. The summed E-state index contributed by atoms with van der Waals surface area (Å²) in [5, 5.41) is 1.27. The van der Waals surface area contributed by atoms with Crippen LogP contribution in [0.4, 0.5) is 4.79 Å². The van der Waals surface area contributed by atoms with E-state index in [1.165, 1.54) is 17.1 Å². The Hall–Kier alpha value is -1.36. The molecule has 17 heavy (non-hydrogen) atoms. The molecule has 1 atom stereocenters. The second kappa shape index (κ2) is 5.31. The van der Waals surface area contributed by atoms with E-state index in [9.17, 15) is 9.59 Å². The van der Waals surface area contributed by atoms with E-state index in [0.717, 1.165) is 5.57 Å². The highest BCUT2D eigenvalue weighted by Gasteiger charge is 2.39. The lowest BCUT2D eigenvalue weighted by atomic mass is 10.1. The minimum atomic E-state index is -0.269. The van der Waals surface area contributed by atoms with Crippen molar-refractivity contribution in [3.63, 3.8) is 0 Å². The molecule has 0 aromatic rings. The molecule has 1 rings (SSSR count). The summed E-state index contributed by atoms with van der Waals surface area (Å²) >= 11 is 0. The van der Waals surface area contributed by atoms with Crippen LogP contribution in [-0.2, 0) is 9.63 Å². The van der Waals surface area contributed by atoms with Gasteiger partial charge in [0.2, 0.25) is 0 Å². The van der Waals surface area contributed by atoms with Crippen molar-refractivity contribution in [2.75, 3.05) is 20.2 Å². The maximum atomic E-state index is 11.9. The van der Waals surface area contributed by atoms with Gasteiger partial charge in [-0.25, -0.2) is 4.79 Å². The molecule has 96 valence electrons. The molecule has 0 saturated carbocycles. The Bertz CT molecular complexity index is 339. The molecule has 5 nitrogen and oxygen atoms in total. The van der Waals surface area contributed by atoms with Crippen LogP contribution in [0.25, 0.3) is 0 Å². The Labute approximate surface area is 102 Å². The van der Waals surface area contributed by atoms with Gasteiger partial charge >= 0.3 is 6.03 Å². The first kappa shape index (κ1) is 13.7. The van der Waals surface area contributed by atoms with Crippen LogP contribution in [0.15, 0.2) is 12.2 Å². The second-order valence-corrected chi connectivity index (χ2v) is 4.65. The Morgan fingerprint density at radius 3 is 2.53 bits per heavy atom. The first-order valence-electron chi connectivity index (χ1n) is 5.68. The first-order valence-corrected chi connectivity index (χ1v) is 5.68. The lowest BCUT2D eigenvalue weighted by molar-refractivity contribution is -0.122. The molecule has 1 saturated heterocycles. The number of carbonyl (C=O) groups excluding carboxylic acids is 2. The fourth-order valence-corrected chi connectivity index (χ4v) is 1.70. The number of hydrogen-bond donors (Lipinski definition) is 0. The number of amides is 2. The zero-order valence-corrected chi connectivity index (χ0v) is 10.9. The summed E-state index contributed by atoms with van der Waals surface area (Å²) in [7, 11) is 1.45. The van der Waals surface area contributed by atoms with E-state index in [1.807, 2.05) is 20.8 Å². The van der Waals surface area contributed by atoms with Crippen LogP contribution in [-0.4, -0.2) is 48.0 Å². The lowest BCUT2D eigenvalue weighted by Crippen LogP contribution is -2.36. The van der Waals surface area contributed by atoms with Gasteiger partial charge in [0, 0.05) is 12.5 Å². The van der Waals surface area contributed by atoms with E-state index < -0.39 is 0 Å². The fraction of sp³-hybridized carbons (Fsp3) is 0.667. The standard InChI is InChI=1S/C12H20N2O3/c1-8(2)10-6-13(7-11(15)9(3)4)12(16)14(10)17-5/h9-10H,1,6-7H2,2-5H3.